The van der Waals surface area contributed by atoms with Gasteiger partial charge in [-0.1, -0.05) is 54.9 Å². The number of benzene rings is 1. The molecule has 0 radical (unpaired) electrons. The summed E-state index contributed by atoms with van der Waals surface area (Å²) < 4.78 is 1.09. The smallest absolute Gasteiger partial charge is 0.0628 e. The van der Waals surface area contributed by atoms with Crippen LogP contribution in [0.2, 0.25) is 0 Å². The maximum atomic E-state index is 8.52. The molecule has 0 bridgehead atoms. The van der Waals surface area contributed by atoms with Crippen molar-refractivity contribution in [2.45, 2.75) is 33.1 Å². The van der Waals surface area contributed by atoms with Gasteiger partial charge in [0.05, 0.1) is 6.07 Å². The lowest BCUT2D eigenvalue weighted by atomic mass is 9.99. The van der Waals surface area contributed by atoms with Crippen molar-refractivity contribution in [2.24, 2.45) is 0 Å². The van der Waals surface area contributed by atoms with Crippen LogP contribution in [0.25, 0.3) is 0 Å². The second-order valence-electron chi connectivity index (χ2n) is 2.78. The van der Waals surface area contributed by atoms with Gasteiger partial charge in [-0.15, -0.1) is 0 Å². The second kappa shape index (κ2) is 7.58. The zero-order valence-corrected chi connectivity index (χ0v) is 10.5. The largest absolute Gasteiger partial charge is 0.198 e. The zero-order chi connectivity index (χ0) is 11.0. The molecule has 76 valence electrons. The number of hydrogen-bond acceptors (Lipinski definition) is 1. The minimum atomic E-state index is 0.311. The van der Waals surface area contributed by atoms with E-state index in [0.717, 1.165) is 4.47 Å². The van der Waals surface area contributed by atoms with Crippen molar-refractivity contribution in [3.63, 3.8) is 0 Å². The van der Waals surface area contributed by atoms with Crippen molar-refractivity contribution in [3.05, 3.63) is 34.3 Å². The highest BCUT2D eigenvalue weighted by atomic mass is 79.9. The molecule has 14 heavy (non-hydrogen) atoms. The van der Waals surface area contributed by atoms with Gasteiger partial charge in [0.15, 0.2) is 0 Å². The van der Waals surface area contributed by atoms with Crippen LogP contribution >= 0.6 is 15.9 Å². The third-order valence-electron chi connectivity index (χ3n) is 1.83. The van der Waals surface area contributed by atoms with Crippen LogP contribution in [0.15, 0.2) is 28.7 Å². The predicted octanol–water partition coefficient (Wildman–Crippen LogP) is 4.49. The van der Waals surface area contributed by atoms with E-state index in [1.165, 1.54) is 5.56 Å². The summed E-state index contributed by atoms with van der Waals surface area (Å²) in [7, 11) is 0. The summed E-state index contributed by atoms with van der Waals surface area (Å²) in [5, 5.41) is 8.52. The molecule has 0 aliphatic rings. The standard InChI is InChI=1S/C10H10BrN.C2H6/c1-8(6-7-12)9-4-2-3-5-10(9)11;1-2/h2-5,8H,6H2,1H3;1-2H3. The van der Waals surface area contributed by atoms with E-state index >= 15 is 0 Å². The van der Waals surface area contributed by atoms with E-state index in [1.54, 1.807) is 0 Å². The van der Waals surface area contributed by atoms with E-state index in [-0.39, 0.29) is 0 Å². The first-order chi connectivity index (χ1) is 6.75. The fourth-order valence-electron chi connectivity index (χ4n) is 1.12. The van der Waals surface area contributed by atoms with Gasteiger partial charge in [-0.2, -0.15) is 5.26 Å². The third-order valence-corrected chi connectivity index (χ3v) is 2.56. The fourth-order valence-corrected chi connectivity index (χ4v) is 1.80. The molecule has 1 unspecified atom stereocenters. The maximum Gasteiger partial charge on any atom is 0.0628 e. The van der Waals surface area contributed by atoms with Gasteiger partial charge in [-0.05, 0) is 17.5 Å². The molecule has 0 aromatic heterocycles. The number of rotatable bonds is 2. The summed E-state index contributed by atoms with van der Waals surface area (Å²) in [6.07, 6.45) is 0.572. The van der Waals surface area contributed by atoms with Gasteiger partial charge in [-0.3, -0.25) is 0 Å². The Balaban J connectivity index is 0.000000791. The monoisotopic (exact) mass is 253 g/mol. The lowest BCUT2D eigenvalue weighted by Gasteiger charge is -2.08. The highest BCUT2D eigenvalue weighted by Gasteiger charge is 2.06. The third kappa shape index (κ3) is 3.93. The molecule has 0 aliphatic heterocycles. The van der Waals surface area contributed by atoms with Crippen LogP contribution in [0.3, 0.4) is 0 Å². The minimum absolute atomic E-state index is 0.311. The topological polar surface area (TPSA) is 23.8 Å². The van der Waals surface area contributed by atoms with Crippen LogP contribution in [0.1, 0.15) is 38.7 Å². The summed E-state index contributed by atoms with van der Waals surface area (Å²) >= 11 is 3.46. The highest BCUT2D eigenvalue weighted by molar-refractivity contribution is 9.10. The number of hydrogen-bond donors (Lipinski definition) is 0. The Hall–Kier alpha value is -0.810. The van der Waals surface area contributed by atoms with Crippen molar-refractivity contribution in [3.8, 4) is 6.07 Å². The Kier molecular flexibility index (Phi) is 7.14. The number of nitrogens with zero attached hydrogens (tertiary/aromatic N) is 1. The molecule has 0 heterocycles. The molecule has 0 N–H and O–H groups in total. The maximum absolute atomic E-state index is 8.52. The average molecular weight is 254 g/mol. The van der Waals surface area contributed by atoms with Gasteiger partial charge in [-0.25, -0.2) is 0 Å². The van der Waals surface area contributed by atoms with E-state index < -0.39 is 0 Å². The van der Waals surface area contributed by atoms with Crippen LogP contribution in [-0.4, -0.2) is 0 Å². The average Bonchev–Trinajstić information content (AvgIpc) is 2.22. The Bertz CT molecular complexity index is 301. The summed E-state index contributed by atoms with van der Waals surface area (Å²) in [5.74, 6) is 0.311. The predicted molar refractivity (Wildman–Crippen MR) is 64.1 cm³/mol. The van der Waals surface area contributed by atoms with E-state index in [4.69, 9.17) is 5.26 Å². The van der Waals surface area contributed by atoms with Crippen LogP contribution in [0.5, 0.6) is 0 Å². The highest BCUT2D eigenvalue weighted by Crippen LogP contribution is 2.26. The molecule has 1 rings (SSSR count). The molecule has 0 saturated carbocycles. The summed E-state index contributed by atoms with van der Waals surface area (Å²) in [6, 6.07) is 10.2. The summed E-state index contributed by atoms with van der Waals surface area (Å²) in [6.45, 7) is 6.06. The molecule has 2 heteroatoms. The molecule has 0 spiro atoms. The molecular formula is C12H16BrN. The molecular weight excluding hydrogens is 238 g/mol. The van der Waals surface area contributed by atoms with Crippen molar-refractivity contribution < 1.29 is 0 Å². The Labute approximate surface area is 94.9 Å². The summed E-state index contributed by atoms with van der Waals surface area (Å²) in [5.41, 5.74) is 1.21. The van der Waals surface area contributed by atoms with Gasteiger partial charge in [0, 0.05) is 10.9 Å². The first-order valence-electron chi connectivity index (χ1n) is 4.87. The van der Waals surface area contributed by atoms with Crippen LogP contribution in [0, 0.1) is 11.3 Å². The second-order valence-corrected chi connectivity index (χ2v) is 3.64. The van der Waals surface area contributed by atoms with Gasteiger partial charge in [0.1, 0.15) is 0 Å². The van der Waals surface area contributed by atoms with E-state index in [1.807, 2.05) is 38.1 Å². The Morgan fingerprint density at radius 2 is 1.93 bits per heavy atom. The van der Waals surface area contributed by atoms with E-state index in [0.29, 0.717) is 12.3 Å². The van der Waals surface area contributed by atoms with Gasteiger partial charge >= 0.3 is 0 Å². The van der Waals surface area contributed by atoms with Crippen molar-refractivity contribution in [1.29, 1.82) is 5.26 Å². The van der Waals surface area contributed by atoms with Gasteiger partial charge in [0.2, 0.25) is 0 Å². The Morgan fingerprint density at radius 1 is 1.36 bits per heavy atom. The Morgan fingerprint density at radius 3 is 2.43 bits per heavy atom. The van der Waals surface area contributed by atoms with Crippen LogP contribution < -0.4 is 0 Å². The number of nitriles is 1. The number of halogens is 1. The first kappa shape index (κ1) is 13.2. The fraction of sp³-hybridized carbons (Fsp3) is 0.417. The molecule has 0 aliphatic carbocycles. The SMILES string of the molecule is CC.CC(CC#N)c1ccccc1Br. The van der Waals surface area contributed by atoms with Crippen LogP contribution in [0.4, 0.5) is 0 Å². The first-order valence-corrected chi connectivity index (χ1v) is 5.66. The van der Waals surface area contributed by atoms with E-state index in [9.17, 15) is 0 Å². The molecule has 1 nitrogen and oxygen atoms in total. The normalized spacial score (nSPS) is 10.8. The molecule has 1 aromatic carbocycles. The van der Waals surface area contributed by atoms with Crippen LogP contribution in [-0.2, 0) is 0 Å². The molecule has 0 saturated heterocycles. The van der Waals surface area contributed by atoms with Gasteiger partial charge < -0.3 is 0 Å². The van der Waals surface area contributed by atoms with Gasteiger partial charge in [0.25, 0.3) is 0 Å². The summed E-state index contributed by atoms with van der Waals surface area (Å²) in [4.78, 5) is 0. The molecule has 1 atom stereocenters. The zero-order valence-electron chi connectivity index (χ0n) is 8.92. The van der Waals surface area contributed by atoms with Crippen molar-refractivity contribution in [2.75, 3.05) is 0 Å². The minimum Gasteiger partial charge on any atom is -0.198 e. The van der Waals surface area contributed by atoms with Crippen molar-refractivity contribution in [1.82, 2.24) is 0 Å². The quantitative estimate of drug-likeness (QED) is 0.762. The molecule has 0 amide bonds. The van der Waals surface area contributed by atoms with E-state index in [2.05, 4.69) is 28.9 Å². The van der Waals surface area contributed by atoms with Crippen molar-refractivity contribution >= 4 is 15.9 Å². The molecule has 1 aromatic rings. The lowest BCUT2D eigenvalue weighted by Crippen LogP contribution is -1.92. The molecule has 0 fully saturated rings. The lowest BCUT2D eigenvalue weighted by molar-refractivity contribution is 0.785.